The van der Waals surface area contributed by atoms with Gasteiger partial charge in [0, 0.05) is 25.8 Å². The van der Waals surface area contributed by atoms with Crippen LogP contribution in [0.3, 0.4) is 0 Å². The summed E-state index contributed by atoms with van der Waals surface area (Å²) in [5, 5.41) is 3.15. The number of rotatable bonds is 7. The maximum Gasteiger partial charge on any atom is 0.167 e. The second-order valence-electron chi connectivity index (χ2n) is 5.04. The van der Waals surface area contributed by atoms with Gasteiger partial charge in [0.15, 0.2) is 11.6 Å². The van der Waals surface area contributed by atoms with Crippen LogP contribution in [-0.4, -0.2) is 25.9 Å². The van der Waals surface area contributed by atoms with Gasteiger partial charge in [0.25, 0.3) is 0 Å². The Kier molecular flexibility index (Phi) is 5.42. The van der Waals surface area contributed by atoms with E-state index in [0.29, 0.717) is 24.5 Å². The van der Waals surface area contributed by atoms with Gasteiger partial charge in [-0.25, -0.2) is 4.39 Å². The topological polar surface area (TPSA) is 56.5 Å². The van der Waals surface area contributed by atoms with Gasteiger partial charge in [0.2, 0.25) is 0 Å². The minimum Gasteiger partial charge on any atom is -0.490 e. The van der Waals surface area contributed by atoms with Crippen LogP contribution >= 0.6 is 0 Å². The maximum atomic E-state index is 13.6. The molecule has 108 valence electrons. The van der Waals surface area contributed by atoms with Crippen LogP contribution in [0.2, 0.25) is 0 Å². The van der Waals surface area contributed by atoms with Crippen molar-refractivity contribution >= 4 is 11.4 Å². The summed E-state index contributed by atoms with van der Waals surface area (Å²) in [6, 6.07) is 2.86. The number of nitrogens with two attached hydrogens (primary N) is 1. The molecule has 1 rings (SSSR count). The van der Waals surface area contributed by atoms with Crippen LogP contribution in [-0.2, 0) is 4.74 Å². The summed E-state index contributed by atoms with van der Waals surface area (Å²) in [6.45, 7) is 6.91. The maximum absolute atomic E-state index is 13.6. The van der Waals surface area contributed by atoms with E-state index in [0.717, 1.165) is 6.42 Å². The first-order valence-corrected chi connectivity index (χ1v) is 6.40. The molecule has 0 aromatic heterocycles. The molecule has 3 N–H and O–H groups in total. The van der Waals surface area contributed by atoms with Crippen molar-refractivity contribution in [2.75, 3.05) is 31.3 Å². The average molecular weight is 270 g/mol. The lowest BCUT2D eigenvalue weighted by Gasteiger charge is -2.24. The zero-order valence-corrected chi connectivity index (χ0v) is 12.0. The van der Waals surface area contributed by atoms with Crippen LogP contribution in [0.4, 0.5) is 15.8 Å². The van der Waals surface area contributed by atoms with Crippen molar-refractivity contribution in [2.24, 2.45) is 0 Å². The number of anilines is 2. The number of nitrogens with one attached hydrogen (secondary N) is 1. The number of nitrogen functional groups attached to an aromatic ring is 1. The summed E-state index contributed by atoms with van der Waals surface area (Å²) < 4.78 is 24.3. The third kappa shape index (κ3) is 4.59. The van der Waals surface area contributed by atoms with Crippen LogP contribution in [0, 0.1) is 5.82 Å². The first-order valence-electron chi connectivity index (χ1n) is 6.40. The Labute approximate surface area is 114 Å². The first-order chi connectivity index (χ1) is 8.89. The molecular weight excluding hydrogens is 247 g/mol. The number of hydrogen-bond acceptors (Lipinski definition) is 4. The molecule has 0 fully saturated rings. The molecule has 0 radical (unpaired) electrons. The normalized spacial score (nSPS) is 11.4. The number of benzene rings is 1. The second-order valence-corrected chi connectivity index (χ2v) is 5.04. The van der Waals surface area contributed by atoms with Crippen molar-refractivity contribution in [3.8, 4) is 5.75 Å². The van der Waals surface area contributed by atoms with E-state index < -0.39 is 5.82 Å². The second kappa shape index (κ2) is 6.61. The molecule has 0 unspecified atom stereocenters. The molecule has 0 spiro atoms. The molecule has 0 saturated heterocycles. The summed E-state index contributed by atoms with van der Waals surface area (Å²) in [5.41, 5.74) is 6.47. The highest BCUT2D eigenvalue weighted by atomic mass is 19.1. The zero-order chi connectivity index (χ0) is 14.5. The van der Waals surface area contributed by atoms with Crippen molar-refractivity contribution in [2.45, 2.75) is 32.8 Å². The van der Waals surface area contributed by atoms with Gasteiger partial charge in [0.05, 0.1) is 23.6 Å². The fraction of sp³-hybridized carbons (Fsp3) is 0.571. The Morgan fingerprint density at radius 1 is 1.37 bits per heavy atom. The average Bonchev–Trinajstić information content (AvgIpc) is 2.36. The molecule has 4 nitrogen and oxygen atoms in total. The van der Waals surface area contributed by atoms with Crippen molar-refractivity contribution in [1.82, 2.24) is 0 Å². The van der Waals surface area contributed by atoms with E-state index in [2.05, 4.69) is 5.32 Å². The minimum atomic E-state index is -0.442. The zero-order valence-electron chi connectivity index (χ0n) is 12.0. The molecule has 0 aliphatic rings. The Bertz CT molecular complexity index is 422. The predicted molar refractivity (Wildman–Crippen MR) is 76.2 cm³/mol. The van der Waals surface area contributed by atoms with E-state index in [1.165, 1.54) is 6.07 Å². The highest BCUT2D eigenvalue weighted by Gasteiger charge is 2.17. The summed E-state index contributed by atoms with van der Waals surface area (Å²) in [7, 11) is 1.64. The van der Waals surface area contributed by atoms with Gasteiger partial charge in [-0.2, -0.15) is 0 Å². The quantitative estimate of drug-likeness (QED) is 0.748. The Morgan fingerprint density at radius 2 is 2.05 bits per heavy atom. The molecular formula is C14H23FN2O2. The van der Waals surface area contributed by atoms with Gasteiger partial charge >= 0.3 is 0 Å². The summed E-state index contributed by atoms with van der Waals surface area (Å²) >= 11 is 0. The SMILES string of the molecule is CCCOc1cc(NCC(C)(C)OC)c(N)cc1F. The van der Waals surface area contributed by atoms with Gasteiger partial charge in [-0.05, 0) is 20.3 Å². The molecule has 0 aliphatic carbocycles. The van der Waals surface area contributed by atoms with E-state index in [1.54, 1.807) is 13.2 Å². The van der Waals surface area contributed by atoms with Crippen molar-refractivity contribution in [1.29, 1.82) is 0 Å². The Balaban J connectivity index is 2.82. The first kappa shape index (κ1) is 15.6. The van der Waals surface area contributed by atoms with Gasteiger partial charge < -0.3 is 20.5 Å². The molecule has 0 atom stereocenters. The smallest absolute Gasteiger partial charge is 0.167 e. The van der Waals surface area contributed by atoms with Crippen LogP contribution in [0.5, 0.6) is 5.75 Å². The molecule has 5 heteroatoms. The summed E-state index contributed by atoms with van der Waals surface area (Å²) in [5.74, 6) is -0.226. The largest absolute Gasteiger partial charge is 0.490 e. The Morgan fingerprint density at radius 3 is 2.63 bits per heavy atom. The van der Waals surface area contributed by atoms with Gasteiger partial charge in [-0.15, -0.1) is 0 Å². The lowest BCUT2D eigenvalue weighted by Crippen LogP contribution is -2.32. The van der Waals surface area contributed by atoms with Crippen molar-refractivity contribution < 1.29 is 13.9 Å². The van der Waals surface area contributed by atoms with Gasteiger partial charge in [-0.1, -0.05) is 6.92 Å². The lowest BCUT2D eigenvalue weighted by atomic mass is 10.1. The van der Waals surface area contributed by atoms with Crippen LogP contribution in [0.1, 0.15) is 27.2 Å². The van der Waals surface area contributed by atoms with Crippen LogP contribution in [0.15, 0.2) is 12.1 Å². The predicted octanol–water partition coefficient (Wildman–Crippen LogP) is 3.03. The van der Waals surface area contributed by atoms with Crippen molar-refractivity contribution in [3.63, 3.8) is 0 Å². The monoisotopic (exact) mass is 270 g/mol. The molecule has 0 aliphatic heterocycles. The standard InChI is InChI=1S/C14H23FN2O2/c1-5-6-19-13-8-12(11(16)7-10(13)15)17-9-14(2,3)18-4/h7-8,17H,5-6,9,16H2,1-4H3. The van der Waals surface area contributed by atoms with Gasteiger partial charge in [0.1, 0.15) is 0 Å². The van der Waals surface area contributed by atoms with E-state index in [-0.39, 0.29) is 11.4 Å². The molecule has 0 amide bonds. The van der Waals surface area contributed by atoms with E-state index >= 15 is 0 Å². The lowest BCUT2D eigenvalue weighted by molar-refractivity contribution is 0.0344. The fourth-order valence-electron chi connectivity index (χ4n) is 1.42. The summed E-state index contributed by atoms with van der Waals surface area (Å²) in [4.78, 5) is 0. The highest BCUT2D eigenvalue weighted by Crippen LogP contribution is 2.28. The van der Waals surface area contributed by atoms with E-state index in [4.69, 9.17) is 15.2 Å². The Hall–Kier alpha value is -1.49. The third-order valence-corrected chi connectivity index (χ3v) is 2.82. The molecule has 1 aromatic rings. The molecule has 0 heterocycles. The number of hydrogen-bond donors (Lipinski definition) is 2. The van der Waals surface area contributed by atoms with E-state index in [1.807, 2.05) is 20.8 Å². The van der Waals surface area contributed by atoms with E-state index in [9.17, 15) is 4.39 Å². The van der Waals surface area contributed by atoms with Crippen LogP contribution < -0.4 is 15.8 Å². The number of methoxy groups -OCH3 is 1. The molecule has 1 aromatic carbocycles. The fourth-order valence-corrected chi connectivity index (χ4v) is 1.42. The van der Waals surface area contributed by atoms with Gasteiger partial charge in [-0.3, -0.25) is 0 Å². The molecule has 0 bridgehead atoms. The summed E-state index contributed by atoms with van der Waals surface area (Å²) in [6.07, 6.45) is 0.823. The third-order valence-electron chi connectivity index (χ3n) is 2.82. The minimum absolute atomic E-state index is 0.216. The van der Waals surface area contributed by atoms with Crippen LogP contribution in [0.25, 0.3) is 0 Å². The molecule has 19 heavy (non-hydrogen) atoms. The highest BCUT2D eigenvalue weighted by molar-refractivity contribution is 5.68. The molecule has 0 saturated carbocycles. The number of ether oxygens (including phenoxy) is 2. The number of halogens is 1. The van der Waals surface area contributed by atoms with Crippen molar-refractivity contribution in [3.05, 3.63) is 17.9 Å².